The fourth-order valence-corrected chi connectivity index (χ4v) is 0.906. The summed E-state index contributed by atoms with van der Waals surface area (Å²) in [5.74, 6) is 5.13. The number of rotatable bonds is 1. The molecule has 4 nitrogen and oxygen atoms in total. The van der Waals surface area contributed by atoms with Gasteiger partial charge in [0.25, 0.3) is 0 Å². The molecular formula is C11H14N4. The van der Waals surface area contributed by atoms with Crippen molar-refractivity contribution in [1.29, 1.82) is 0 Å². The first-order valence-electron chi connectivity index (χ1n) is 4.49. The van der Waals surface area contributed by atoms with Crippen LogP contribution in [0.4, 0.5) is 0 Å². The highest BCUT2D eigenvalue weighted by molar-refractivity contribution is 5.60. The maximum atomic E-state index is 5.13. The van der Waals surface area contributed by atoms with E-state index < -0.39 is 0 Å². The Morgan fingerprint density at radius 1 is 1.27 bits per heavy atom. The summed E-state index contributed by atoms with van der Waals surface area (Å²) in [7, 11) is 0. The van der Waals surface area contributed by atoms with Crippen LogP contribution in [-0.4, -0.2) is 14.6 Å². The van der Waals surface area contributed by atoms with E-state index in [1.165, 1.54) is 11.0 Å². The number of imidazole rings is 1. The molecule has 2 aromatic heterocycles. The summed E-state index contributed by atoms with van der Waals surface area (Å²) in [6.07, 6.45) is 8.36. The van der Waals surface area contributed by atoms with Crippen LogP contribution in [0, 0.1) is 0 Å². The van der Waals surface area contributed by atoms with Gasteiger partial charge in [-0.15, -0.1) is 0 Å². The molecule has 2 heterocycles. The van der Waals surface area contributed by atoms with E-state index in [1.54, 1.807) is 24.8 Å². The second-order valence-electron chi connectivity index (χ2n) is 3.03. The van der Waals surface area contributed by atoms with Gasteiger partial charge in [-0.2, -0.15) is 0 Å². The Hall–Kier alpha value is -2.10. The van der Waals surface area contributed by atoms with Crippen molar-refractivity contribution >= 4 is 5.57 Å². The lowest BCUT2D eigenvalue weighted by atomic mass is 10.1. The van der Waals surface area contributed by atoms with Crippen molar-refractivity contribution in [1.82, 2.24) is 14.6 Å². The average molecular weight is 202 g/mol. The molecule has 2 aromatic rings. The molecule has 78 valence electrons. The molecule has 0 unspecified atom stereocenters. The zero-order valence-corrected chi connectivity index (χ0v) is 8.67. The van der Waals surface area contributed by atoms with Gasteiger partial charge in [0.2, 0.25) is 0 Å². The number of nitrogens with zero attached hydrogens (tertiary/aromatic N) is 3. The third-order valence-corrected chi connectivity index (χ3v) is 1.70. The van der Waals surface area contributed by atoms with E-state index >= 15 is 0 Å². The number of aromatic nitrogens is 3. The normalized spacial score (nSPS) is 8.87. The lowest BCUT2D eigenvalue weighted by molar-refractivity contribution is 1.00. The molecule has 0 amide bonds. The van der Waals surface area contributed by atoms with Crippen LogP contribution < -0.4 is 5.84 Å². The van der Waals surface area contributed by atoms with Gasteiger partial charge in [0.15, 0.2) is 0 Å². The minimum absolute atomic E-state index is 1.08. The first-order chi connectivity index (χ1) is 7.20. The molecule has 0 atom stereocenters. The lowest BCUT2D eigenvalue weighted by Gasteiger charge is -1.94. The molecular weight excluding hydrogens is 188 g/mol. The van der Waals surface area contributed by atoms with Gasteiger partial charge in [0.05, 0.1) is 0 Å². The van der Waals surface area contributed by atoms with Crippen molar-refractivity contribution in [3.63, 3.8) is 0 Å². The van der Waals surface area contributed by atoms with Crippen LogP contribution in [0.25, 0.3) is 5.57 Å². The molecule has 2 rings (SSSR count). The monoisotopic (exact) mass is 202 g/mol. The number of pyridine rings is 1. The van der Waals surface area contributed by atoms with Gasteiger partial charge in [0.1, 0.15) is 6.33 Å². The Labute approximate surface area is 89.1 Å². The Bertz CT molecular complexity index is 392. The fraction of sp³-hybridized carbons (Fsp3) is 0.0909. The van der Waals surface area contributed by atoms with Crippen LogP contribution in [0.5, 0.6) is 0 Å². The molecule has 0 bridgehead atoms. The van der Waals surface area contributed by atoms with E-state index in [0.29, 0.717) is 0 Å². The molecule has 0 aliphatic heterocycles. The Balaban J connectivity index is 0.000000162. The van der Waals surface area contributed by atoms with Crippen LogP contribution >= 0.6 is 0 Å². The van der Waals surface area contributed by atoms with Crippen molar-refractivity contribution in [2.45, 2.75) is 6.92 Å². The maximum absolute atomic E-state index is 5.13. The van der Waals surface area contributed by atoms with Gasteiger partial charge >= 0.3 is 0 Å². The van der Waals surface area contributed by atoms with Crippen molar-refractivity contribution in [2.75, 3.05) is 5.84 Å². The molecule has 0 radical (unpaired) electrons. The van der Waals surface area contributed by atoms with Crippen LogP contribution in [0.2, 0.25) is 0 Å². The van der Waals surface area contributed by atoms with E-state index in [0.717, 1.165) is 11.1 Å². The summed E-state index contributed by atoms with van der Waals surface area (Å²) in [5.41, 5.74) is 2.24. The zero-order valence-electron chi connectivity index (χ0n) is 8.67. The first kappa shape index (κ1) is 11.0. The summed E-state index contributed by atoms with van der Waals surface area (Å²) in [5, 5.41) is 0. The van der Waals surface area contributed by atoms with Crippen LogP contribution in [0.3, 0.4) is 0 Å². The van der Waals surface area contributed by atoms with Gasteiger partial charge in [-0.3, -0.25) is 9.66 Å². The third kappa shape index (κ3) is 4.08. The topological polar surface area (TPSA) is 56.7 Å². The first-order valence-corrected chi connectivity index (χ1v) is 4.49. The summed E-state index contributed by atoms with van der Waals surface area (Å²) in [4.78, 5) is 7.55. The Kier molecular flexibility index (Phi) is 4.09. The van der Waals surface area contributed by atoms with Gasteiger partial charge < -0.3 is 5.84 Å². The molecule has 0 fully saturated rings. The molecule has 0 saturated heterocycles. The van der Waals surface area contributed by atoms with Crippen molar-refractivity contribution < 1.29 is 0 Å². The Morgan fingerprint density at radius 2 is 1.93 bits per heavy atom. The molecule has 15 heavy (non-hydrogen) atoms. The summed E-state index contributed by atoms with van der Waals surface area (Å²) >= 11 is 0. The molecule has 2 N–H and O–H groups in total. The van der Waals surface area contributed by atoms with Crippen LogP contribution in [0.1, 0.15) is 12.5 Å². The van der Waals surface area contributed by atoms with E-state index in [9.17, 15) is 0 Å². The second-order valence-corrected chi connectivity index (χ2v) is 3.03. The quantitative estimate of drug-likeness (QED) is 0.716. The minimum atomic E-state index is 1.08. The van der Waals surface area contributed by atoms with E-state index in [4.69, 9.17) is 5.84 Å². The predicted molar refractivity (Wildman–Crippen MR) is 61.3 cm³/mol. The number of nitrogen functional groups attached to an aromatic ring is 1. The van der Waals surface area contributed by atoms with Gasteiger partial charge in [-0.05, 0) is 24.6 Å². The summed E-state index contributed by atoms with van der Waals surface area (Å²) in [6.45, 7) is 5.78. The highest BCUT2D eigenvalue weighted by Crippen LogP contribution is 2.07. The van der Waals surface area contributed by atoms with Crippen LogP contribution in [-0.2, 0) is 0 Å². The highest BCUT2D eigenvalue weighted by atomic mass is 15.3. The highest BCUT2D eigenvalue weighted by Gasteiger charge is 1.86. The summed E-state index contributed by atoms with van der Waals surface area (Å²) < 4.78 is 1.39. The molecule has 0 aromatic carbocycles. The largest absolute Gasteiger partial charge is 0.338 e. The van der Waals surface area contributed by atoms with Gasteiger partial charge in [-0.25, -0.2) is 4.98 Å². The number of hydrogen-bond acceptors (Lipinski definition) is 3. The number of allylic oxidation sites excluding steroid dienone is 1. The molecule has 0 spiro atoms. The fourth-order valence-electron chi connectivity index (χ4n) is 0.906. The molecule has 0 aliphatic rings. The second kappa shape index (κ2) is 5.59. The third-order valence-electron chi connectivity index (χ3n) is 1.70. The summed E-state index contributed by atoms with van der Waals surface area (Å²) in [6, 6.07) is 3.89. The Morgan fingerprint density at radius 3 is 2.20 bits per heavy atom. The van der Waals surface area contributed by atoms with Gasteiger partial charge in [-0.1, -0.05) is 12.2 Å². The van der Waals surface area contributed by atoms with E-state index in [-0.39, 0.29) is 0 Å². The van der Waals surface area contributed by atoms with E-state index in [2.05, 4.69) is 16.5 Å². The van der Waals surface area contributed by atoms with E-state index in [1.807, 2.05) is 19.1 Å². The standard InChI is InChI=1S/C8H9N.C3H5N3/c1-7(2)8-3-5-9-6-4-8;4-6-2-1-5-3-6/h3-6H,1H2,2H3;1-3H,4H2. The molecule has 4 heteroatoms. The van der Waals surface area contributed by atoms with Crippen molar-refractivity contribution in [3.8, 4) is 0 Å². The molecule has 0 saturated carbocycles. The van der Waals surface area contributed by atoms with Gasteiger partial charge in [0, 0.05) is 24.8 Å². The number of nitrogens with two attached hydrogens (primary N) is 1. The number of hydrogen-bond donors (Lipinski definition) is 1. The zero-order chi connectivity index (χ0) is 11.1. The molecule has 0 aliphatic carbocycles. The maximum Gasteiger partial charge on any atom is 0.114 e. The van der Waals surface area contributed by atoms with Crippen molar-refractivity contribution in [3.05, 3.63) is 55.4 Å². The SMILES string of the molecule is C=C(C)c1ccncc1.Nn1ccnc1. The smallest absolute Gasteiger partial charge is 0.114 e. The lowest BCUT2D eigenvalue weighted by Crippen LogP contribution is -2.02. The average Bonchev–Trinajstić information content (AvgIpc) is 2.71. The van der Waals surface area contributed by atoms with Crippen molar-refractivity contribution in [2.24, 2.45) is 0 Å². The minimum Gasteiger partial charge on any atom is -0.338 e. The van der Waals surface area contributed by atoms with Crippen LogP contribution in [0.15, 0.2) is 49.8 Å². The predicted octanol–water partition coefficient (Wildman–Crippen LogP) is 1.71.